The van der Waals surface area contributed by atoms with Crippen molar-refractivity contribution in [2.45, 2.75) is 19.9 Å². The molecule has 0 bridgehead atoms. The molecule has 0 saturated carbocycles. The maximum absolute atomic E-state index is 12.9. The maximum Gasteiger partial charge on any atom is 0.319 e. The van der Waals surface area contributed by atoms with Crippen molar-refractivity contribution < 1.29 is 23.8 Å². The van der Waals surface area contributed by atoms with Gasteiger partial charge in [-0.2, -0.15) is 0 Å². The fourth-order valence-corrected chi connectivity index (χ4v) is 3.78. The molecule has 180 valence electrons. The van der Waals surface area contributed by atoms with E-state index in [4.69, 9.17) is 14.2 Å². The second-order valence-electron chi connectivity index (χ2n) is 7.55. The number of hydrogen-bond acceptors (Lipinski definition) is 8. The van der Waals surface area contributed by atoms with Gasteiger partial charge >= 0.3 is 6.03 Å². The van der Waals surface area contributed by atoms with Crippen LogP contribution in [0, 0.1) is 5.92 Å². The zero-order chi connectivity index (χ0) is 24.7. The second kappa shape index (κ2) is 11.3. The van der Waals surface area contributed by atoms with E-state index in [1.165, 1.54) is 25.6 Å². The van der Waals surface area contributed by atoms with E-state index in [1.807, 2.05) is 38.1 Å². The Balaban J connectivity index is 1.65. The molecule has 1 atom stereocenters. The average Bonchev–Trinajstić information content (AvgIpc) is 3.30. The lowest BCUT2D eigenvalue weighted by molar-refractivity contribution is -0.118. The number of amides is 3. The molecule has 1 heterocycles. The third-order valence-electron chi connectivity index (χ3n) is 4.84. The van der Waals surface area contributed by atoms with Crippen molar-refractivity contribution in [3.05, 3.63) is 42.5 Å². The van der Waals surface area contributed by atoms with E-state index in [0.717, 1.165) is 11.3 Å². The largest absolute Gasteiger partial charge is 0.497 e. The Morgan fingerprint density at radius 2 is 1.47 bits per heavy atom. The molecule has 0 saturated heterocycles. The van der Waals surface area contributed by atoms with Gasteiger partial charge in [-0.25, -0.2) is 4.79 Å². The SMILES string of the molecule is COc1ccc(-c2nnc(NC(=O)C(NC(=O)Nc3cc(OC)cc(OC)c3)C(C)C)s2)cc1. The Hall–Kier alpha value is -3.86. The Morgan fingerprint density at radius 1 is 0.853 bits per heavy atom. The van der Waals surface area contributed by atoms with Crippen LogP contribution in [0.2, 0.25) is 0 Å². The van der Waals surface area contributed by atoms with E-state index < -0.39 is 18.0 Å². The molecule has 1 aromatic heterocycles. The zero-order valence-electron chi connectivity index (χ0n) is 19.5. The molecule has 1 unspecified atom stereocenters. The summed E-state index contributed by atoms with van der Waals surface area (Å²) >= 11 is 1.24. The summed E-state index contributed by atoms with van der Waals surface area (Å²) in [6, 6.07) is 11.0. The van der Waals surface area contributed by atoms with Gasteiger partial charge in [0.1, 0.15) is 28.3 Å². The number of carbonyl (C=O) groups is 2. The van der Waals surface area contributed by atoms with Crippen molar-refractivity contribution in [3.8, 4) is 27.8 Å². The molecule has 0 aliphatic rings. The zero-order valence-corrected chi connectivity index (χ0v) is 20.4. The van der Waals surface area contributed by atoms with Gasteiger partial charge in [0.2, 0.25) is 11.0 Å². The number of benzene rings is 2. The summed E-state index contributed by atoms with van der Waals surface area (Å²) in [4.78, 5) is 25.5. The lowest BCUT2D eigenvalue weighted by atomic mass is 10.0. The van der Waals surface area contributed by atoms with E-state index in [-0.39, 0.29) is 5.92 Å². The minimum Gasteiger partial charge on any atom is -0.497 e. The highest BCUT2D eigenvalue weighted by atomic mass is 32.1. The van der Waals surface area contributed by atoms with Gasteiger partial charge in [0.25, 0.3) is 0 Å². The van der Waals surface area contributed by atoms with Crippen LogP contribution >= 0.6 is 11.3 Å². The highest BCUT2D eigenvalue weighted by Gasteiger charge is 2.25. The molecule has 2 aromatic carbocycles. The predicted octanol–water partition coefficient (Wildman–Crippen LogP) is 4.02. The Morgan fingerprint density at radius 3 is 2.03 bits per heavy atom. The normalized spacial score (nSPS) is 11.5. The number of aromatic nitrogens is 2. The molecule has 0 fully saturated rings. The van der Waals surface area contributed by atoms with Crippen LogP contribution in [0.4, 0.5) is 15.6 Å². The van der Waals surface area contributed by atoms with Gasteiger partial charge in [-0.3, -0.25) is 10.1 Å². The fraction of sp³-hybridized carbons (Fsp3) is 0.304. The first-order valence-electron chi connectivity index (χ1n) is 10.4. The maximum atomic E-state index is 12.9. The first-order chi connectivity index (χ1) is 16.3. The van der Waals surface area contributed by atoms with E-state index >= 15 is 0 Å². The lowest BCUT2D eigenvalue weighted by Gasteiger charge is -2.21. The molecule has 3 aromatic rings. The summed E-state index contributed by atoms with van der Waals surface area (Å²) in [5.74, 6) is 1.21. The summed E-state index contributed by atoms with van der Waals surface area (Å²) in [7, 11) is 4.64. The van der Waals surface area contributed by atoms with Crippen molar-refractivity contribution >= 4 is 34.1 Å². The molecule has 0 aliphatic heterocycles. The van der Waals surface area contributed by atoms with E-state index in [0.29, 0.717) is 27.3 Å². The smallest absolute Gasteiger partial charge is 0.319 e. The fourth-order valence-electron chi connectivity index (χ4n) is 3.03. The topological polar surface area (TPSA) is 124 Å². The van der Waals surface area contributed by atoms with Gasteiger partial charge < -0.3 is 24.8 Å². The summed E-state index contributed by atoms with van der Waals surface area (Å²) in [5, 5.41) is 17.3. The number of carbonyl (C=O) groups excluding carboxylic acids is 2. The van der Waals surface area contributed by atoms with Crippen LogP contribution in [0.1, 0.15) is 13.8 Å². The number of rotatable bonds is 9. The standard InChI is InChI=1S/C23H27N5O5S/c1-13(2)19(25-22(30)24-15-10-17(32-4)12-18(11-15)33-5)20(29)26-23-28-27-21(34-23)14-6-8-16(31-3)9-7-14/h6-13,19H,1-5H3,(H2,24,25,30)(H,26,28,29). The highest BCUT2D eigenvalue weighted by Crippen LogP contribution is 2.28. The Labute approximate surface area is 201 Å². The van der Waals surface area contributed by atoms with Gasteiger partial charge in [-0.15, -0.1) is 10.2 Å². The quantitative estimate of drug-likeness (QED) is 0.418. The van der Waals surface area contributed by atoms with Crippen LogP contribution < -0.4 is 30.2 Å². The first-order valence-corrected chi connectivity index (χ1v) is 11.2. The predicted molar refractivity (Wildman–Crippen MR) is 131 cm³/mol. The molecule has 11 heteroatoms. The molecule has 10 nitrogen and oxygen atoms in total. The molecule has 0 aliphatic carbocycles. The van der Waals surface area contributed by atoms with Crippen LogP contribution in [0.15, 0.2) is 42.5 Å². The summed E-state index contributed by atoms with van der Waals surface area (Å²) in [6.07, 6.45) is 0. The lowest BCUT2D eigenvalue weighted by Crippen LogP contribution is -2.48. The summed E-state index contributed by atoms with van der Waals surface area (Å²) < 4.78 is 15.6. The monoisotopic (exact) mass is 485 g/mol. The van der Waals surface area contributed by atoms with Gasteiger partial charge in [-0.05, 0) is 30.2 Å². The van der Waals surface area contributed by atoms with E-state index in [1.54, 1.807) is 25.3 Å². The van der Waals surface area contributed by atoms with Crippen molar-refractivity contribution in [3.63, 3.8) is 0 Å². The van der Waals surface area contributed by atoms with Crippen LogP contribution in [-0.2, 0) is 4.79 Å². The van der Waals surface area contributed by atoms with Crippen LogP contribution in [0.3, 0.4) is 0 Å². The van der Waals surface area contributed by atoms with Crippen molar-refractivity contribution in [1.82, 2.24) is 15.5 Å². The van der Waals surface area contributed by atoms with Gasteiger partial charge in [0, 0.05) is 29.4 Å². The van der Waals surface area contributed by atoms with E-state index in [9.17, 15) is 9.59 Å². The Kier molecular flexibility index (Phi) is 8.25. The number of nitrogens with zero attached hydrogens (tertiary/aromatic N) is 2. The summed E-state index contributed by atoms with van der Waals surface area (Å²) in [5.41, 5.74) is 1.32. The van der Waals surface area contributed by atoms with Gasteiger partial charge in [0.05, 0.1) is 21.3 Å². The highest BCUT2D eigenvalue weighted by molar-refractivity contribution is 7.18. The number of hydrogen-bond donors (Lipinski definition) is 3. The molecular weight excluding hydrogens is 458 g/mol. The van der Waals surface area contributed by atoms with Crippen LogP contribution in [0.25, 0.3) is 10.6 Å². The minimum atomic E-state index is -0.805. The average molecular weight is 486 g/mol. The van der Waals surface area contributed by atoms with Gasteiger partial charge in [0.15, 0.2) is 0 Å². The third kappa shape index (κ3) is 6.35. The number of nitrogens with one attached hydrogen (secondary N) is 3. The van der Waals surface area contributed by atoms with Crippen molar-refractivity contribution in [1.29, 1.82) is 0 Å². The van der Waals surface area contributed by atoms with Crippen LogP contribution in [-0.4, -0.2) is 49.5 Å². The van der Waals surface area contributed by atoms with Crippen molar-refractivity contribution in [2.24, 2.45) is 5.92 Å². The van der Waals surface area contributed by atoms with Gasteiger partial charge in [-0.1, -0.05) is 25.2 Å². The number of anilines is 2. The third-order valence-corrected chi connectivity index (χ3v) is 5.72. The molecule has 34 heavy (non-hydrogen) atoms. The van der Waals surface area contributed by atoms with E-state index in [2.05, 4.69) is 26.1 Å². The first kappa shape index (κ1) is 24.8. The number of ether oxygens (including phenoxy) is 3. The molecule has 3 N–H and O–H groups in total. The molecule has 0 spiro atoms. The molecule has 3 rings (SSSR count). The molecule has 3 amide bonds. The van der Waals surface area contributed by atoms with Crippen LogP contribution in [0.5, 0.6) is 17.2 Å². The molecule has 0 radical (unpaired) electrons. The Bertz CT molecular complexity index is 1110. The summed E-state index contributed by atoms with van der Waals surface area (Å²) in [6.45, 7) is 3.67. The number of urea groups is 1. The molecular formula is C23H27N5O5S. The second-order valence-corrected chi connectivity index (χ2v) is 8.53. The minimum absolute atomic E-state index is 0.181. The number of methoxy groups -OCH3 is 3. The van der Waals surface area contributed by atoms with Crippen molar-refractivity contribution in [2.75, 3.05) is 32.0 Å².